The largest absolute Gasteiger partial charge is 0.453 e. The molecule has 1 aliphatic rings. The third kappa shape index (κ3) is 6.86. The van der Waals surface area contributed by atoms with Crippen LogP contribution in [0.3, 0.4) is 0 Å². The van der Waals surface area contributed by atoms with Crippen LogP contribution in [0.15, 0.2) is 60.7 Å². The number of nitrogens with two attached hydrogens (primary N) is 1. The Kier molecular flexibility index (Phi) is 8.75. The van der Waals surface area contributed by atoms with E-state index < -0.39 is 42.6 Å². The molecular formula is C24H29NO7. The van der Waals surface area contributed by atoms with E-state index in [1.165, 1.54) is 13.8 Å². The predicted octanol–water partition coefficient (Wildman–Crippen LogP) is 2.34. The summed E-state index contributed by atoms with van der Waals surface area (Å²) in [5, 5.41) is 0. The van der Waals surface area contributed by atoms with Gasteiger partial charge in [0.2, 0.25) is 6.29 Å². The van der Waals surface area contributed by atoms with E-state index in [2.05, 4.69) is 0 Å². The SMILES string of the molecule is CC(=O)OC1OC(COCc2ccccc2)C(N)C(OCc2ccccc2)C1OC(C)=O. The molecule has 1 heterocycles. The van der Waals surface area contributed by atoms with Gasteiger partial charge in [0.05, 0.1) is 25.9 Å². The first-order valence-corrected chi connectivity index (χ1v) is 10.5. The smallest absolute Gasteiger partial charge is 0.305 e. The van der Waals surface area contributed by atoms with E-state index in [4.69, 9.17) is 29.4 Å². The summed E-state index contributed by atoms with van der Waals surface area (Å²) >= 11 is 0. The molecule has 8 heteroatoms. The molecule has 2 aromatic carbocycles. The van der Waals surface area contributed by atoms with Crippen molar-refractivity contribution in [3.63, 3.8) is 0 Å². The molecule has 2 N–H and O–H groups in total. The minimum absolute atomic E-state index is 0.145. The molecule has 0 aliphatic carbocycles. The minimum Gasteiger partial charge on any atom is -0.453 e. The van der Waals surface area contributed by atoms with Gasteiger partial charge in [0, 0.05) is 13.8 Å². The number of carbonyl (C=O) groups excluding carboxylic acids is 2. The van der Waals surface area contributed by atoms with Crippen LogP contribution < -0.4 is 5.73 Å². The van der Waals surface area contributed by atoms with Crippen LogP contribution in [0.4, 0.5) is 0 Å². The van der Waals surface area contributed by atoms with Crippen LogP contribution in [0.2, 0.25) is 0 Å². The molecule has 0 saturated carbocycles. The molecular weight excluding hydrogens is 414 g/mol. The summed E-state index contributed by atoms with van der Waals surface area (Å²) in [6.07, 6.45) is -3.60. The quantitative estimate of drug-likeness (QED) is 0.589. The predicted molar refractivity (Wildman–Crippen MR) is 115 cm³/mol. The van der Waals surface area contributed by atoms with E-state index in [1.807, 2.05) is 60.7 Å². The fourth-order valence-electron chi connectivity index (χ4n) is 3.49. The monoisotopic (exact) mass is 443 g/mol. The Morgan fingerprint density at radius 3 is 1.97 bits per heavy atom. The Balaban J connectivity index is 1.74. The topological polar surface area (TPSA) is 106 Å². The lowest BCUT2D eigenvalue weighted by atomic mass is 9.96. The zero-order valence-electron chi connectivity index (χ0n) is 18.2. The highest BCUT2D eigenvalue weighted by molar-refractivity contribution is 5.67. The maximum absolute atomic E-state index is 11.7. The van der Waals surface area contributed by atoms with Gasteiger partial charge >= 0.3 is 11.9 Å². The summed E-state index contributed by atoms with van der Waals surface area (Å²) < 4.78 is 28.5. The van der Waals surface area contributed by atoms with E-state index in [-0.39, 0.29) is 13.2 Å². The number of carbonyl (C=O) groups is 2. The van der Waals surface area contributed by atoms with Crippen LogP contribution in [0.5, 0.6) is 0 Å². The van der Waals surface area contributed by atoms with Gasteiger partial charge in [-0.05, 0) is 11.1 Å². The van der Waals surface area contributed by atoms with Crippen molar-refractivity contribution >= 4 is 11.9 Å². The fraction of sp³-hybridized carbons (Fsp3) is 0.417. The first-order valence-electron chi connectivity index (χ1n) is 10.5. The van der Waals surface area contributed by atoms with Crippen LogP contribution in [0, 0.1) is 0 Å². The second-order valence-corrected chi connectivity index (χ2v) is 7.57. The van der Waals surface area contributed by atoms with Crippen molar-refractivity contribution in [2.24, 2.45) is 5.73 Å². The van der Waals surface area contributed by atoms with E-state index in [9.17, 15) is 9.59 Å². The third-order valence-electron chi connectivity index (χ3n) is 4.97. The van der Waals surface area contributed by atoms with Crippen molar-refractivity contribution in [1.82, 2.24) is 0 Å². The number of hydrogen-bond acceptors (Lipinski definition) is 8. The van der Waals surface area contributed by atoms with Crippen LogP contribution in [-0.4, -0.2) is 49.2 Å². The molecule has 172 valence electrons. The third-order valence-corrected chi connectivity index (χ3v) is 4.97. The molecule has 2 aromatic rings. The van der Waals surface area contributed by atoms with Gasteiger partial charge in [0.15, 0.2) is 6.10 Å². The lowest BCUT2D eigenvalue weighted by Crippen LogP contribution is -2.64. The number of rotatable bonds is 9. The van der Waals surface area contributed by atoms with Gasteiger partial charge < -0.3 is 29.4 Å². The molecule has 8 nitrogen and oxygen atoms in total. The number of hydrogen-bond donors (Lipinski definition) is 1. The second kappa shape index (κ2) is 11.7. The standard InChI is InChI=1S/C24H29NO7/c1-16(26)30-23-22(29-14-19-11-7-4-8-12-19)21(25)20(32-24(23)31-17(2)27)15-28-13-18-9-5-3-6-10-18/h3-12,20-24H,13-15,25H2,1-2H3. The van der Waals surface area contributed by atoms with Crippen LogP contribution in [0.25, 0.3) is 0 Å². The normalized spacial score (nSPS) is 25.2. The Morgan fingerprint density at radius 2 is 1.41 bits per heavy atom. The van der Waals surface area contributed by atoms with E-state index in [1.54, 1.807) is 0 Å². The minimum atomic E-state index is -1.16. The molecule has 0 spiro atoms. The molecule has 1 fully saturated rings. The number of ether oxygens (including phenoxy) is 5. The van der Waals surface area contributed by atoms with E-state index in [0.29, 0.717) is 6.61 Å². The van der Waals surface area contributed by atoms with E-state index in [0.717, 1.165) is 11.1 Å². The summed E-state index contributed by atoms with van der Waals surface area (Å²) in [6, 6.07) is 18.5. The van der Waals surface area contributed by atoms with Gasteiger partial charge in [-0.25, -0.2) is 0 Å². The van der Waals surface area contributed by atoms with Crippen molar-refractivity contribution in [2.45, 2.75) is 57.7 Å². The van der Waals surface area contributed by atoms with E-state index >= 15 is 0 Å². The van der Waals surface area contributed by atoms with Gasteiger partial charge in [-0.2, -0.15) is 0 Å². The lowest BCUT2D eigenvalue weighted by molar-refractivity contribution is -0.282. The molecule has 0 radical (unpaired) electrons. The van der Waals surface area contributed by atoms with Crippen LogP contribution in [-0.2, 0) is 46.5 Å². The Hall–Kier alpha value is -2.78. The summed E-state index contributed by atoms with van der Waals surface area (Å²) in [7, 11) is 0. The van der Waals surface area contributed by atoms with Crippen molar-refractivity contribution in [3.8, 4) is 0 Å². The van der Waals surface area contributed by atoms with Crippen LogP contribution >= 0.6 is 0 Å². The first kappa shape index (κ1) is 23.9. The molecule has 0 bridgehead atoms. The maximum Gasteiger partial charge on any atom is 0.305 e. The molecule has 5 atom stereocenters. The average molecular weight is 443 g/mol. The summed E-state index contributed by atoms with van der Waals surface area (Å²) in [4.78, 5) is 23.4. The van der Waals surface area contributed by atoms with Crippen molar-refractivity contribution in [3.05, 3.63) is 71.8 Å². The van der Waals surface area contributed by atoms with Crippen molar-refractivity contribution in [2.75, 3.05) is 6.61 Å². The van der Waals surface area contributed by atoms with Crippen molar-refractivity contribution < 1.29 is 33.3 Å². The highest BCUT2D eigenvalue weighted by Gasteiger charge is 2.48. The van der Waals surface area contributed by atoms with Gasteiger partial charge in [-0.1, -0.05) is 60.7 Å². The molecule has 5 unspecified atom stereocenters. The molecule has 0 aromatic heterocycles. The van der Waals surface area contributed by atoms with Crippen molar-refractivity contribution in [1.29, 1.82) is 0 Å². The second-order valence-electron chi connectivity index (χ2n) is 7.57. The van der Waals surface area contributed by atoms with Gasteiger partial charge in [-0.3, -0.25) is 9.59 Å². The van der Waals surface area contributed by atoms with Gasteiger partial charge in [0.1, 0.15) is 12.2 Å². The number of benzene rings is 2. The zero-order chi connectivity index (χ0) is 22.9. The molecule has 32 heavy (non-hydrogen) atoms. The molecule has 0 amide bonds. The first-order chi connectivity index (χ1) is 15.4. The molecule has 3 rings (SSSR count). The Morgan fingerprint density at radius 1 is 0.844 bits per heavy atom. The summed E-state index contributed by atoms with van der Waals surface area (Å²) in [6.45, 7) is 3.27. The van der Waals surface area contributed by atoms with Gasteiger partial charge in [0.25, 0.3) is 0 Å². The zero-order valence-corrected chi connectivity index (χ0v) is 18.2. The van der Waals surface area contributed by atoms with Gasteiger partial charge in [-0.15, -0.1) is 0 Å². The summed E-state index contributed by atoms with van der Waals surface area (Å²) in [5.74, 6) is -1.14. The molecule has 1 saturated heterocycles. The highest BCUT2D eigenvalue weighted by atomic mass is 16.7. The van der Waals surface area contributed by atoms with Crippen LogP contribution in [0.1, 0.15) is 25.0 Å². The summed E-state index contributed by atoms with van der Waals surface area (Å²) in [5.41, 5.74) is 8.39. The molecule has 1 aliphatic heterocycles. The average Bonchev–Trinajstić information content (AvgIpc) is 2.77. The Bertz CT molecular complexity index is 861. The fourth-order valence-corrected chi connectivity index (χ4v) is 3.49. The number of esters is 2. The lowest BCUT2D eigenvalue weighted by Gasteiger charge is -2.43. The Labute approximate surface area is 187 Å². The maximum atomic E-state index is 11.7. The highest BCUT2D eigenvalue weighted by Crippen LogP contribution is 2.27.